The summed E-state index contributed by atoms with van der Waals surface area (Å²) in [7, 11) is 1.70. The molecule has 6 heteroatoms. The van der Waals surface area contributed by atoms with Crippen molar-refractivity contribution in [2.75, 3.05) is 20.3 Å². The minimum Gasteiger partial charge on any atom is -0.383 e. The highest BCUT2D eigenvalue weighted by Gasteiger charge is 2.10. The summed E-state index contributed by atoms with van der Waals surface area (Å²) in [5.41, 5.74) is 2.44. The van der Waals surface area contributed by atoms with Crippen LogP contribution in [0.2, 0.25) is 0 Å². The number of nitrogens with one attached hydrogen (secondary N) is 1. The number of rotatable bonds is 6. The normalized spacial score (nSPS) is 10.9. The van der Waals surface area contributed by atoms with Crippen LogP contribution in [0.15, 0.2) is 18.2 Å². The molecule has 0 saturated heterocycles. The van der Waals surface area contributed by atoms with Gasteiger partial charge in [-0.3, -0.25) is 0 Å². The zero-order chi connectivity index (χ0) is 13.7. The topological polar surface area (TPSA) is 47.0 Å². The van der Waals surface area contributed by atoms with Gasteiger partial charge in [-0.2, -0.15) is 0 Å². The monoisotopic (exact) mass is 389 g/mol. The molecule has 2 rings (SSSR count). The largest absolute Gasteiger partial charge is 0.383 e. The van der Waals surface area contributed by atoms with E-state index >= 15 is 0 Å². The molecule has 0 amide bonds. The van der Waals surface area contributed by atoms with E-state index < -0.39 is 0 Å². The van der Waals surface area contributed by atoms with E-state index in [1.807, 2.05) is 0 Å². The first-order chi connectivity index (χ1) is 9.22. The Bertz CT molecular complexity index is 544. The van der Waals surface area contributed by atoms with Crippen LogP contribution in [0.25, 0.3) is 10.6 Å². The van der Waals surface area contributed by atoms with Crippen LogP contribution in [0.4, 0.5) is 0 Å². The molecule has 1 aromatic heterocycles. The molecule has 0 saturated carbocycles. The van der Waals surface area contributed by atoms with Gasteiger partial charge < -0.3 is 10.1 Å². The Balaban J connectivity index is 2.06. The van der Waals surface area contributed by atoms with Crippen LogP contribution in [0, 0.1) is 10.5 Å². The van der Waals surface area contributed by atoms with E-state index in [1.54, 1.807) is 18.4 Å². The fraction of sp³-hybridized carbons (Fsp3) is 0.385. The second-order valence-electron chi connectivity index (χ2n) is 4.11. The van der Waals surface area contributed by atoms with Gasteiger partial charge in [-0.05, 0) is 35.1 Å². The Morgan fingerprint density at radius 1 is 1.37 bits per heavy atom. The Labute approximate surface area is 130 Å². The van der Waals surface area contributed by atoms with E-state index in [9.17, 15) is 0 Å². The number of methoxy groups -OCH3 is 1. The summed E-state index contributed by atoms with van der Waals surface area (Å²) in [4.78, 5) is 0. The molecule has 0 aliphatic carbocycles. The third-order valence-corrected chi connectivity index (χ3v) is 5.04. The maximum Gasteiger partial charge on any atom is 0.148 e. The number of halogens is 1. The van der Waals surface area contributed by atoms with Crippen molar-refractivity contribution in [1.82, 2.24) is 15.5 Å². The number of hydrogen-bond donors (Lipinski definition) is 1. The summed E-state index contributed by atoms with van der Waals surface area (Å²) in [6.45, 7) is 4.39. The molecular weight excluding hydrogens is 373 g/mol. The number of benzene rings is 1. The highest BCUT2D eigenvalue weighted by atomic mass is 127. The third kappa shape index (κ3) is 3.95. The SMILES string of the molecule is COCCNCc1nnc(-c2cccc(C)c2I)s1. The number of aromatic nitrogens is 2. The van der Waals surface area contributed by atoms with Crippen molar-refractivity contribution in [1.29, 1.82) is 0 Å². The van der Waals surface area contributed by atoms with Crippen LogP contribution in [0.5, 0.6) is 0 Å². The molecule has 102 valence electrons. The molecule has 1 heterocycles. The lowest BCUT2D eigenvalue weighted by Crippen LogP contribution is -2.18. The van der Waals surface area contributed by atoms with Crippen molar-refractivity contribution in [3.05, 3.63) is 32.3 Å². The van der Waals surface area contributed by atoms with Gasteiger partial charge in [0.15, 0.2) is 0 Å². The number of hydrogen-bond acceptors (Lipinski definition) is 5. The fourth-order valence-electron chi connectivity index (χ4n) is 1.62. The van der Waals surface area contributed by atoms with Crippen LogP contribution < -0.4 is 5.32 Å². The van der Waals surface area contributed by atoms with Gasteiger partial charge in [-0.25, -0.2) is 0 Å². The first-order valence-corrected chi connectivity index (χ1v) is 7.89. The summed E-state index contributed by atoms with van der Waals surface area (Å²) in [5.74, 6) is 0. The van der Waals surface area contributed by atoms with Gasteiger partial charge >= 0.3 is 0 Å². The van der Waals surface area contributed by atoms with Gasteiger partial charge in [0.2, 0.25) is 0 Å². The predicted molar refractivity (Wildman–Crippen MR) is 86.4 cm³/mol. The standard InChI is InChI=1S/C13H16IN3OS/c1-9-4-3-5-10(12(9)14)13-17-16-11(19-13)8-15-6-7-18-2/h3-5,15H,6-8H2,1-2H3. The van der Waals surface area contributed by atoms with E-state index in [4.69, 9.17) is 4.74 Å². The van der Waals surface area contributed by atoms with Crippen LogP contribution >= 0.6 is 33.9 Å². The second kappa shape index (κ2) is 7.28. The highest BCUT2D eigenvalue weighted by Crippen LogP contribution is 2.29. The molecule has 0 radical (unpaired) electrons. The van der Waals surface area contributed by atoms with Crippen molar-refractivity contribution < 1.29 is 4.74 Å². The van der Waals surface area contributed by atoms with Gasteiger partial charge in [0.1, 0.15) is 10.0 Å². The number of nitrogens with zero attached hydrogens (tertiary/aromatic N) is 2. The molecule has 0 aliphatic rings. The van der Waals surface area contributed by atoms with Gasteiger partial charge in [0.05, 0.1) is 6.61 Å². The molecule has 0 fully saturated rings. The molecule has 0 bridgehead atoms. The third-order valence-electron chi connectivity index (χ3n) is 2.65. The second-order valence-corrected chi connectivity index (χ2v) is 6.25. The van der Waals surface area contributed by atoms with Crippen molar-refractivity contribution in [3.63, 3.8) is 0 Å². The molecule has 0 aliphatic heterocycles. The van der Waals surface area contributed by atoms with Crippen molar-refractivity contribution >= 4 is 33.9 Å². The summed E-state index contributed by atoms with van der Waals surface area (Å²) >= 11 is 4.00. The van der Waals surface area contributed by atoms with E-state index in [0.717, 1.165) is 23.1 Å². The van der Waals surface area contributed by atoms with Crippen molar-refractivity contribution in [2.24, 2.45) is 0 Å². The summed E-state index contributed by atoms with van der Waals surface area (Å²) in [6, 6.07) is 6.27. The van der Waals surface area contributed by atoms with Crippen molar-refractivity contribution in [3.8, 4) is 10.6 Å². The lowest BCUT2D eigenvalue weighted by atomic mass is 10.1. The highest BCUT2D eigenvalue weighted by molar-refractivity contribution is 14.1. The van der Waals surface area contributed by atoms with E-state index in [2.05, 4.69) is 63.2 Å². The lowest BCUT2D eigenvalue weighted by Gasteiger charge is -2.02. The summed E-state index contributed by atoms with van der Waals surface area (Å²) in [5, 5.41) is 13.8. The van der Waals surface area contributed by atoms with Crippen LogP contribution in [0.1, 0.15) is 10.6 Å². The minimum atomic E-state index is 0.710. The van der Waals surface area contributed by atoms with Crippen LogP contribution in [-0.4, -0.2) is 30.5 Å². The van der Waals surface area contributed by atoms with Gasteiger partial charge in [-0.1, -0.05) is 29.5 Å². The molecule has 0 spiro atoms. The zero-order valence-electron chi connectivity index (χ0n) is 10.9. The minimum absolute atomic E-state index is 0.710. The maximum absolute atomic E-state index is 4.99. The van der Waals surface area contributed by atoms with Gasteiger partial charge in [0, 0.05) is 29.3 Å². The molecule has 0 unspecified atom stereocenters. The van der Waals surface area contributed by atoms with E-state index in [1.165, 1.54) is 14.7 Å². The Morgan fingerprint density at radius 3 is 3.00 bits per heavy atom. The Kier molecular flexibility index (Phi) is 5.68. The van der Waals surface area contributed by atoms with Crippen LogP contribution in [0.3, 0.4) is 0 Å². The number of aryl methyl sites for hydroxylation is 1. The predicted octanol–water partition coefficient (Wildman–Crippen LogP) is 2.85. The molecule has 0 atom stereocenters. The lowest BCUT2D eigenvalue weighted by molar-refractivity contribution is 0.199. The summed E-state index contributed by atoms with van der Waals surface area (Å²) < 4.78 is 6.23. The van der Waals surface area contributed by atoms with Crippen molar-refractivity contribution in [2.45, 2.75) is 13.5 Å². The first-order valence-electron chi connectivity index (χ1n) is 6.00. The molecule has 1 aromatic carbocycles. The van der Waals surface area contributed by atoms with Gasteiger partial charge in [-0.15, -0.1) is 10.2 Å². The number of ether oxygens (including phenoxy) is 1. The molecule has 2 aromatic rings. The average Bonchev–Trinajstić information content (AvgIpc) is 2.87. The zero-order valence-corrected chi connectivity index (χ0v) is 13.9. The summed E-state index contributed by atoms with van der Waals surface area (Å²) in [6.07, 6.45) is 0. The van der Waals surface area contributed by atoms with Gasteiger partial charge in [0.25, 0.3) is 0 Å². The van der Waals surface area contributed by atoms with E-state index in [0.29, 0.717) is 6.61 Å². The Morgan fingerprint density at radius 2 is 2.21 bits per heavy atom. The first kappa shape index (κ1) is 14.8. The Hall–Kier alpha value is -0.570. The molecule has 4 nitrogen and oxygen atoms in total. The molecule has 19 heavy (non-hydrogen) atoms. The smallest absolute Gasteiger partial charge is 0.148 e. The van der Waals surface area contributed by atoms with E-state index in [-0.39, 0.29) is 0 Å². The van der Waals surface area contributed by atoms with Crippen LogP contribution in [-0.2, 0) is 11.3 Å². The maximum atomic E-state index is 4.99. The fourth-order valence-corrected chi connectivity index (χ4v) is 3.25. The average molecular weight is 389 g/mol. The molecule has 1 N–H and O–H groups in total. The quantitative estimate of drug-likeness (QED) is 0.610. The molecular formula is C13H16IN3OS.